The second-order valence-electron chi connectivity index (χ2n) is 5.44. The van der Waals surface area contributed by atoms with E-state index in [4.69, 9.17) is 4.74 Å². The summed E-state index contributed by atoms with van der Waals surface area (Å²) >= 11 is 0. The first kappa shape index (κ1) is 16.2. The third kappa shape index (κ3) is 2.93. The standard InChI is InChI=1S/C18H13N3O4/c1-12-5-4-6-14(17(12)21(23)24)18(22)25-11-13-10-20-8-3-2-7-16(20)15(13)9-19/h2-8,10H,11H2,1H3. The molecule has 2 aromatic heterocycles. The van der Waals surface area contributed by atoms with Crippen molar-refractivity contribution in [3.8, 4) is 6.07 Å². The van der Waals surface area contributed by atoms with Crippen LogP contribution in [0.15, 0.2) is 48.8 Å². The zero-order valence-electron chi connectivity index (χ0n) is 13.3. The molecule has 0 aliphatic carbocycles. The van der Waals surface area contributed by atoms with E-state index in [1.807, 2.05) is 12.1 Å². The Hall–Kier alpha value is -3.66. The van der Waals surface area contributed by atoms with Crippen molar-refractivity contribution in [2.24, 2.45) is 0 Å². The lowest BCUT2D eigenvalue weighted by molar-refractivity contribution is -0.385. The molecule has 3 aromatic rings. The van der Waals surface area contributed by atoms with Gasteiger partial charge in [0.05, 0.1) is 16.0 Å². The van der Waals surface area contributed by atoms with Crippen molar-refractivity contribution in [2.75, 3.05) is 0 Å². The Morgan fingerprint density at radius 2 is 2.12 bits per heavy atom. The van der Waals surface area contributed by atoms with Gasteiger partial charge < -0.3 is 9.14 Å². The van der Waals surface area contributed by atoms with E-state index in [0.29, 0.717) is 22.2 Å². The predicted octanol–water partition coefficient (Wildman–Crippen LogP) is 3.38. The minimum absolute atomic E-state index is 0.104. The number of nitriles is 1. The second-order valence-corrected chi connectivity index (χ2v) is 5.44. The van der Waals surface area contributed by atoms with E-state index in [9.17, 15) is 20.2 Å². The minimum atomic E-state index is -0.797. The number of esters is 1. The van der Waals surface area contributed by atoms with Crippen molar-refractivity contribution in [1.82, 2.24) is 4.40 Å². The van der Waals surface area contributed by atoms with Crippen LogP contribution < -0.4 is 0 Å². The zero-order valence-corrected chi connectivity index (χ0v) is 13.3. The topological polar surface area (TPSA) is 97.6 Å². The number of pyridine rings is 1. The van der Waals surface area contributed by atoms with Gasteiger partial charge in [-0.15, -0.1) is 0 Å². The zero-order chi connectivity index (χ0) is 18.0. The van der Waals surface area contributed by atoms with Gasteiger partial charge in [-0.1, -0.05) is 18.2 Å². The highest BCUT2D eigenvalue weighted by Crippen LogP contribution is 2.25. The van der Waals surface area contributed by atoms with E-state index in [-0.39, 0.29) is 17.9 Å². The molecule has 3 rings (SSSR count). The van der Waals surface area contributed by atoms with Gasteiger partial charge in [-0.2, -0.15) is 5.26 Å². The molecule has 0 N–H and O–H groups in total. The summed E-state index contributed by atoms with van der Waals surface area (Å²) in [5.74, 6) is -0.797. The maximum absolute atomic E-state index is 12.3. The van der Waals surface area contributed by atoms with Crippen LogP contribution in [0.2, 0.25) is 0 Å². The van der Waals surface area contributed by atoms with E-state index < -0.39 is 10.9 Å². The lowest BCUT2D eigenvalue weighted by Gasteiger charge is -2.06. The molecule has 25 heavy (non-hydrogen) atoms. The monoisotopic (exact) mass is 335 g/mol. The van der Waals surface area contributed by atoms with E-state index >= 15 is 0 Å². The fourth-order valence-electron chi connectivity index (χ4n) is 2.70. The molecular weight excluding hydrogens is 322 g/mol. The first-order valence-corrected chi connectivity index (χ1v) is 7.42. The number of hydrogen-bond acceptors (Lipinski definition) is 5. The molecule has 0 spiro atoms. The van der Waals surface area contributed by atoms with Crippen molar-refractivity contribution < 1.29 is 14.5 Å². The number of nitrogens with zero attached hydrogens (tertiary/aromatic N) is 3. The number of carbonyl (C=O) groups excluding carboxylic acids is 1. The van der Waals surface area contributed by atoms with Crippen LogP contribution in [0.3, 0.4) is 0 Å². The van der Waals surface area contributed by atoms with Crippen LogP contribution in [0.5, 0.6) is 0 Å². The Balaban J connectivity index is 1.88. The lowest BCUT2D eigenvalue weighted by Crippen LogP contribution is -2.09. The molecule has 0 saturated carbocycles. The van der Waals surface area contributed by atoms with Gasteiger partial charge in [0, 0.05) is 23.5 Å². The number of ether oxygens (including phenoxy) is 1. The maximum Gasteiger partial charge on any atom is 0.345 e. The third-order valence-corrected chi connectivity index (χ3v) is 3.87. The van der Waals surface area contributed by atoms with E-state index in [2.05, 4.69) is 6.07 Å². The summed E-state index contributed by atoms with van der Waals surface area (Å²) in [6.07, 6.45) is 3.48. The number of hydrogen-bond donors (Lipinski definition) is 0. The quantitative estimate of drug-likeness (QED) is 0.413. The summed E-state index contributed by atoms with van der Waals surface area (Å²) in [7, 11) is 0. The summed E-state index contributed by atoms with van der Waals surface area (Å²) in [6.45, 7) is 1.41. The van der Waals surface area contributed by atoms with Crippen LogP contribution in [0.25, 0.3) is 5.52 Å². The van der Waals surface area contributed by atoms with Crippen molar-refractivity contribution >= 4 is 17.2 Å². The number of fused-ring (bicyclic) bond motifs is 1. The summed E-state index contributed by atoms with van der Waals surface area (Å²) in [6, 6.07) is 12.0. The van der Waals surface area contributed by atoms with Gasteiger partial charge in [-0.25, -0.2) is 4.79 Å². The molecule has 0 amide bonds. The lowest BCUT2D eigenvalue weighted by atomic mass is 10.1. The molecule has 0 radical (unpaired) electrons. The van der Waals surface area contributed by atoms with Gasteiger partial charge >= 0.3 is 5.97 Å². The average molecular weight is 335 g/mol. The first-order valence-electron chi connectivity index (χ1n) is 7.42. The van der Waals surface area contributed by atoms with Crippen molar-refractivity contribution in [3.63, 3.8) is 0 Å². The average Bonchev–Trinajstić information content (AvgIpc) is 2.96. The molecule has 0 atom stereocenters. The van der Waals surface area contributed by atoms with Crippen molar-refractivity contribution in [1.29, 1.82) is 5.26 Å². The number of rotatable bonds is 4. The van der Waals surface area contributed by atoms with Crippen molar-refractivity contribution in [3.05, 3.63) is 81.2 Å². The van der Waals surface area contributed by atoms with Crippen molar-refractivity contribution in [2.45, 2.75) is 13.5 Å². The molecule has 124 valence electrons. The molecule has 2 heterocycles. The number of nitro benzene ring substituents is 1. The van der Waals surface area contributed by atoms with Crippen LogP contribution in [0.4, 0.5) is 5.69 Å². The first-order chi connectivity index (χ1) is 12.0. The normalized spacial score (nSPS) is 10.4. The number of benzene rings is 1. The number of carbonyl (C=O) groups is 1. The van der Waals surface area contributed by atoms with Crippen LogP contribution >= 0.6 is 0 Å². The van der Waals surface area contributed by atoms with Crippen LogP contribution in [0, 0.1) is 28.4 Å². The highest BCUT2D eigenvalue weighted by Gasteiger charge is 2.24. The largest absolute Gasteiger partial charge is 0.457 e. The van der Waals surface area contributed by atoms with Gasteiger partial charge in [0.25, 0.3) is 5.69 Å². The van der Waals surface area contributed by atoms with Gasteiger partial charge in [0.2, 0.25) is 0 Å². The molecule has 1 aromatic carbocycles. The summed E-state index contributed by atoms with van der Waals surface area (Å²) < 4.78 is 6.98. The fourth-order valence-corrected chi connectivity index (χ4v) is 2.70. The molecule has 0 saturated heterocycles. The second kappa shape index (κ2) is 6.45. The highest BCUT2D eigenvalue weighted by atomic mass is 16.6. The molecule has 0 bridgehead atoms. The maximum atomic E-state index is 12.3. The molecule has 0 aliphatic rings. The Morgan fingerprint density at radius 3 is 2.84 bits per heavy atom. The minimum Gasteiger partial charge on any atom is -0.457 e. The molecule has 7 nitrogen and oxygen atoms in total. The van der Waals surface area contributed by atoms with E-state index in [1.165, 1.54) is 6.07 Å². The number of aryl methyl sites for hydroxylation is 1. The summed E-state index contributed by atoms with van der Waals surface area (Å²) in [5.41, 5.74) is 1.66. The smallest absolute Gasteiger partial charge is 0.345 e. The SMILES string of the molecule is Cc1cccc(C(=O)OCc2cn3ccccc3c2C#N)c1[N+](=O)[O-]. The van der Waals surface area contributed by atoms with Gasteiger partial charge in [0.1, 0.15) is 18.2 Å². The van der Waals surface area contributed by atoms with Crippen LogP contribution in [0.1, 0.15) is 27.0 Å². The summed E-state index contributed by atoms with van der Waals surface area (Å²) in [4.78, 5) is 22.9. The molecule has 0 aliphatic heterocycles. The van der Waals surface area contributed by atoms with E-state index in [0.717, 1.165) is 0 Å². The van der Waals surface area contributed by atoms with Gasteiger partial charge in [-0.3, -0.25) is 10.1 Å². The Kier molecular flexibility index (Phi) is 4.18. The Morgan fingerprint density at radius 1 is 1.32 bits per heavy atom. The van der Waals surface area contributed by atoms with Crippen LogP contribution in [-0.4, -0.2) is 15.3 Å². The Bertz CT molecular complexity index is 1030. The molecule has 7 heteroatoms. The number of para-hydroxylation sites is 1. The number of nitro groups is 1. The molecule has 0 unspecified atom stereocenters. The Labute approximate surface area is 142 Å². The van der Waals surface area contributed by atoms with Crippen LogP contribution in [-0.2, 0) is 11.3 Å². The third-order valence-electron chi connectivity index (χ3n) is 3.87. The predicted molar refractivity (Wildman–Crippen MR) is 89.1 cm³/mol. The summed E-state index contributed by atoms with van der Waals surface area (Å²) in [5, 5.41) is 20.5. The molecule has 0 fully saturated rings. The van der Waals surface area contributed by atoms with Gasteiger partial charge in [0.15, 0.2) is 0 Å². The number of aromatic nitrogens is 1. The van der Waals surface area contributed by atoms with Gasteiger partial charge in [-0.05, 0) is 25.1 Å². The molecular formula is C18H13N3O4. The fraction of sp³-hybridized carbons (Fsp3) is 0.111. The van der Waals surface area contributed by atoms with E-state index in [1.54, 1.807) is 41.9 Å². The highest BCUT2D eigenvalue weighted by molar-refractivity contribution is 5.94.